The number of hydrogen-bond acceptors (Lipinski definition) is 4. The van der Waals surface area contributed by atoms with Crippen LogP contribution in [0.25, 0.3) is 0 Å². The smallest absolute Gasteiger partial charge is 0.125 e. The van der Waals surface area contributed by atoms with Crippen molar-refractivity contribution in [1.82, 2.24) is 0 Å². The summed E-state index contributed by atoms with van der Waals surface area (Å²) in [5.41, 5.74) is 7.01. The highest BCUT2D eigenvalue weighted by Crippen LogP contribution is 2.25. The van der Waals surface area contributed by atoms with Gasteiger partial charge in [-0.05, 0) is 18.2 Å². The molecule has 0 fully saturated rings. The second-order valence-corrected chi connectivity index (χ2v) is 4.41. The fourth-order valence-corrected chi connectivity index (χ4v) is 1.91. The SMILES string of the molecule is COc1cc(OCc2ccccc2OC)cc(C(=N)N)c1. The lowest BCUT2D eigenvalue weighted by molar-refractivity contribution is 0.294. The molecular weight excluding hydrogens is 268 g/mol. The van der Waals surface area contributed by atoms with Crippen LogP contribution in [0.3, 0.4) is 0 Å². The molecule has 0 amide bonds. The van der Waals surface area contributed by atoms with Gasteiger partial charge in [0.05, 0.1) is 14.2 Å². The molecule has 0 atom stereocenters. The maximum Gasteiger partial charge on any atom is 0.125 e. The van der Waals surface area contributed by atoms with Crippen LogP contribution in [0.1, 0.15) is 11.1 Å². The Balaban J connectivity index is 2.19. The average Bonchev–Trinajstić information content (AvgIpc) is 2.52. The summed E-state index contributed by atoms with van der Waals surface area (Å²) in [7, 11) is 3.18. The summed E-state index contributed by atoms with van der Waals surface area (Å²) in [6.07, 6.45) is 0. The van der Waals surface area contributed by atoms with Crippen molar-refractivity contribution in [1.29, 1.82) is 5.41 Å². The van der Waals surface area contributed by atoms with Gasteiger partial charge < -0.3 is 19.9 Å². The minimum absolute atomic E-state index is 0.0314. The van der Waals surface area contributed by atoms with E-state index >= 15 is 0 Å². The number of amidine groups is 1. The monoisotopic (exact) mass is 286 g/mol. The van der Waals surface area contributed by atoms with Gasteiger partial charge in [-0.1, -0.05) is 18.2 Å². The van der Waals surface area contributed by atoms with Gasteiger partial charge >= 0.3 is 0 Å². The Morgan fingerprint density at radius 3 is 2.43 bits per heavy atom. The molecule has 2 aromatic rings. The Labute approximate surface area is 123 Å². The van der Waals surface area contributed by atoms with Crippen LogP contribution in [-0.2, 0) is 6.61 Å². The first-order chi connectivity index (χ1) is 10.1. The normalized spacial score (nSPS) is 10.0. The van der Waals surface area contributed by atoms with E-state index in [0.717, 1.165) is 11.3 Å². The van der Waals surface area contributed by atoms with Crippen molar-refractivity contribution < 1.29 is 14.2 Å². The van der Waals surface area contributed by atoms with E-state index in [0.29, 0.717) is 23.7 Å². The van der Waals surface area contributed by atoms with E-state index in [-0.39, 0.29) is 5.84 Å². The molecule has 0 saturated carbocycles. The Bertz CT molecular complexity index is 641. The van der Waals surface area contributed by atoms with Gasteiger partial charge in [0.1, 0.15) is 29.7 Å². The van der Waals surface area contributed by atoms with Crippen LogP contribution in [0.5, 0.6) is 17.2 Å². The highest BCUT2D eigenvalue weighted by molar-refractivity contribution is 5.95. The minimum atomic E-state index is -0.0314. The lowest BCUT2D eigenvalue weighted by atomic mass is 10.2. The molecule has 5 heteroatoms. The van der Waals surface area contributed by atoms with E-state index in [1.165, 1.54) is 0 Å². The molecule has 0 aliphatic heterocycles. The molecule has 5 nitrogen and oxygen atoms in total. The lowest BCUT2D eigenvalue weighted by Gasteiger charge is -2.12. The van der Waals surface area contributed by atoms with Crippen molar-refractivity contribution in [2.45, 2.75) is 6.61 Å². The summed E-state index contributed by atoms with van der Waals surface area (Å²) >= 11 is 0. The van der Waals surface area contributed by atoms with Gasteiger partial charge in [-0.2, -0.15) is 0 Å². The summed E-state index contributed by atoms with van der Waals surface area (Å²) in [6.45, 7) is 0.356. The van der Waals surface area contributed by atoms with Crippen LogP contribution < -0.4 is 19.9 Å². The van der Waals surface area contributed by atoms with E-state index in [1.807, 2.05) is 24.3 Å². The summed E-state index contributed by atoms with van der Waals surface area (Å²) in [4.78, 5) is 0. The Hall–Kier alpha value is -2.69. The van der Waals surface area contributed by atoms with Crippen LogP contribution >= 0.6 is 0 Å². The van der Waals surface area contributed by atoms with Crippen LogP contribution in [-0.4, -0.2) is 20.1 Å². The van der Waals surface area contributed by atoms with Gasteiger partial charge in [0, 0.05) is 17.2 Å². The number of benzene rings is 2. The minimum Gasteiger partial charge on any atom is -0.497 e. The van der Waals surface area contributed by atoms with Gasteiger partial charge in [0.2, 0.25) is 0 Å². The highest BCUT2D eigenvalue weighted by Gasteiger charge is 2.07. The molecule has 0 aromatic heterocycles. The Morgan fingerprint density at radius 2 is 1.76 bits per heavy atom. The third-order valence-corrected chi connectivity index (χ3v) is 3.01. The van der Waals surface area contributed by atoms with Crippen molar-refractivity contribution in [3.05, 3.63) is 53.6 Å². The number of nitrogen functional groups attached to an aromatic ring is 1. The molecule has 2 aromatic carbocycles. The number of para-hydroxylation sites is 1. The molecule has 21 heavy (non-hydrogen) atoms. The molecular formula is C16H18N2O3. The van der Waals surface area contributed by atoms with Crippen LogP contribution in [0.2, 0.25) is 0 Å². The van der Waals surface area contributed by atoms with Crippen molar-refractivity contribution >= 4 is 5.84 Å². The number of rotatable bonds is 6. The summed E-state index contributed by atoms with van der Waals surface area (Å²) in [6, 6.07) is 12.8. The predicted octanol–water partition coefficient (Wildman–Crippen LogP) is 2.57. The van der Waals surface area contributed by atoms with Crippen LogP contribution in [0, 0.1) is 5.41 Å². The molecule has 0 heterocycles. The molecule has 0 saturated heterocycles. The summed E-state index contributed by atoms with van der Waals surface area (Å²) in [5, 5.41) is 7.51. The van der Waals surface area contributed by atoms with E-state index in [9.17, 15) is 0 Å². The lowest BCUT2D eigenvalue weighted by Crippen LogP contribution is -2.11. The first-order valence-electron chi connectivity index (χ1n) is 6.42. The number of hydrogen-bond donors (Lipinski definition) is 2. The molecule has 0 radical (unpaired) electrons. The largest absolute Gasteiger partial charge is 0.497 e. The van der Waals surface area contributed by atoms with E-state index < -0.39 is 0 Å². The van der Waals surface area contributed by atoms with Gasteiger partial charge in [0.25, 0.3) is 0 Å². The summed E-state index contributed by atoms with van der Waals surface area (Å²) in [5.74, 6) is 1.92. The molecule has 0 bridgehead atoms. The van der Waals surface area contributed by atoms with Gasteiger partial charge in [-0.25, -0.2) is 0 Å². The standard InChI is InChI=1S/C16H18N2O3/c1-19-13-7-12(16(17)18)8-14(9-13)21-10-11-5-3-4-6-15(11)20-2/h3-9H,10H2,1-2H3,(H3,17,18). The number of methoxy groups -OCH3 is 2. The second kappa shape index (κ2) is 6.65. The molecule has 0 aliphatic carbocycles. The van der Waals surface area contributed by atoms with E-state index in [1.54, 1.807) is 32.4 Å². The molecule has 3 N–H and O–H groups in total. The predicted molar refractivity (Wildman–Crippen MR) is 81.3 cm³/mol. The van der Waals surface area contributed by atoms with E-state index in [2.05, 4.69) is 0 Å². The topological polar surface area (TPSA) is 77.6 Å². The fraction of sp³-hybridized carbons (Fsp3) is 0.188. The van der Waals surface area contributed by atoms with Gasteiger partial charge in [-0.15, -0.1) is 0 Å². The molecule has 0 spiro atoms. The Kier molecular flexibility index (Phi) is 4.66. The number of nitrogens with one attached hydrogen (secondary N) is 1. The maximum atomic E-state index is 7.51. The van der Waals surface area contributed by atoms with Crippen molar-refractivity contribution in [2.75, 3.05) is 14.2 Å². The van der Waals surface area contributed by atoms with Gasteiger partial charge in [0.15, 0.2) is 0 Å². The summed E-state index contributed by atoms with van der Waals surface area (Å²) < 4.78 is 16.2. The zero-order valence-electron chi connectivity index (χ0n) is 12.1. The second-order valence-electron chi connectivity index (χ2n) is 4.41. The fourth-order valence-electron chi connectivity index (χ4n) is 1.91. The quantitative estimate of drug-likeness (QED) is 0.632. The third kappa shape index (κ3) is 3.66. The molecule has 2 rings (SSSR count). The van der Waals surface area contributed by atoms with Gasteiger partial charge in [-0.3, -0.25) is 5.41 Å². The first-order valence-corrected chi connectivity index (χ1v) is 6.42. The number of ether oxygens (including phenoxy) is 3. The third-order valence-electron chi connectivity index (χ3n) is 3.01. The molecule has 0 unspecified atom stereocenters. The maximum absolute atomic E-state index is 7.51. The van der Waals surface area contributed by atoms with E-state index in [4.69, 9.17) is 25.4 Å². The zero-order valence-corrected chi connectivity index (χ0v) is 12.1. The van der Waals surface area contributed by atoms with Crippen molar-refractivity contribution in [2.24, 2.45) is 5.73 Å². The highest BCUT2D eigenvalue weighted by atomic mass is 16.5. The van der Waals surface area contributed by atoms with Crippen LogP contribution in [0.4, 0.5) is 0 Å². The van der Waals surface area contributed by atoms with Crippen LogP contribution in [0.15, 0.2) is 42.5 Å². The Morgan fingerprint density at radius 1 is 1.05 bits per heavy atom. The molecule has 0 aliphatic rings. The van der Waals surface area contributed by atoms with Crippen molar-refractivity contribution in [3.8, 4) is 17.2 Å². The zero-order chi connectivity index (χ0) is 15.2. The molecule has 110 valence electrons. The average molecular weight is 286 g/mol. The number of nitrogens with two attached hydrogens (primary N) is 1. The van der Waals surface area contributed by atoms with Crippen molar-refractivity contribution in [3.63, 3.8) is 0 Å². The first kappa shape index (κ1) is 14.7.